The summed E-state index contributed by atoms with van der Waals surface area (Å²) in [7, 11) is 0. The van der Waals surface area contributed by atoms with E-state index in [0.29, 0.717) is 31.8 Å². The monoisotopic (exact) mass is 525 g/mol. The molecule has 0 bridgehead atoms. The van der Waals surface area contributed by atoms with Crippen molar-refractivity contribution in [3.05, 3.63) is 98.8 Å². The van der Waals surface area contributed by atoms with Gasteiger partial charge >= 0.3 is 5.97 Å². The summed E-state index contributed by atoms with van der Waals surface area (Å²) in [5.41, 5.74) is 3.34. The van der Waals surface area contributed by atoms with E-state index in [-0.39, 0.29) is 6.54 Å². The van der Waals surface area contributed by atoms with Crippen molar-refractivity contribution in [1.82, 2.24) is 10.7 Å². The molecule has 7 nitrogen and oxygen atoms in total. The van der Waals surface area contributed by atoms with Crippen LogP contribution in [0.4, 0.5) is 0 Å². The summed E-state index contributed by atoms with van der Waals surface area (Å²) in [6, 6.07) is 20.4. The molecule has 2 N–H and O–H groups in total. The molecule has 0 aliphatic carbocycles. The molecule has 176 valence electrons. The first-order valence-corrected chi connectivity index (χ1v) is 11.8. The lowest BCUT2D eigenvalue weighted by Crippen LogP contribution is -2.34. The predicted molar refractivity (Wildman–Crippen MR) is 138 cm³/mol. The van der Waals surface area contributed by atoms with Crippen molar-refractivity contribution >= 4 is 68.6 Å². The van der Waals surface area contributed by atoms with Crippen LogP contribution in [-0.4, -0.2) is 30.5 Å². The second-order valence-corrected chi connectivity index (χ2v) is 9.05. The first kappa shape index (κ1) is 24.4. The quantitative estimate of drug-likeness (QED) is 0.148. The fourth-order valence-electron chi connectivity index (χ4n) is 3.02. The number of esters is 1. The Balaban J connectivity index is 1.25. The van der Waals surface area contributed by atoms with Gasteiger partial charge in [-0.1, -0.05) is 47.5 Å². The van der Waals surface area contributed by atoms with Crippen LogP contribution < -0.4 is 15.5 Å². The second-order valence-electron chi connectivity index (χ2n) is 7.19. The van der Waals surface area contributed by atoms with Crippen LogP contribution in [0.15, 0.2) is 77.9 Å². The molecule has 0 fully saturated rings. The van der Waals surface area contributed by atoms with Gasteiger partial charge in [-0.05, 0) is 54.1 Å². The van der Waals surface area contributed by atoms with E-state index in [9.17, 15) is 14.4 Å². The highest BCUT2D eigenvalue weighted by Crippen LogP contribution is 2.34. The SMILES string of the molecule is O=C(CNC(=O)c1sc2ccccc2c1Cl)N/N=C\c1ccc(OC(=O)c2cccc(Cl)c2)cc1. The van der Waals surface area contributed by atoms with Crippen molar-refractivity contribution in [2.45, 2.75) is 0 Å². The van der Waals surface area contributed by atoms with Crippen LogP contribution in [-0.2, 0) is 4.79 Å². The van der Waals surface area contributed by atoms with Gasteiger partial charge in [-0.2, -0.15) is 5.10 Å². The third kappa shape index (κ3) is 6.24. The van der Waals surface area contributed by atoms with E-state index in [1.54, 1.807) is 42.5 Å². The molecule has 0 atom stereocenters. The van der Waals surface area contributed by atoms with E-state index >= 15 is 0 Å². The van der Waals surface area contributed by atoms with Crippen LogP contribution in [0.2, 0.25) is 10.0 Å². The minimum absolute atomic E-state index is 0.265. The van der Waals surface area contributed by atoms with Gasteiger partial charge in [-0.3, -0.25) is 9.59 Å². The van der Waals surface area contributed by atoms with E-state index in [0.717, 1.165) is 10.1 Å². The zero-order valence-electron chi connectivity index (χ0n) is 18.0. The highest BCUT2D eigenvalue weighted by Gasteiger charge is 2.17. The molecular formula is C25H17Cl2N3O4S. The van der Waals surface area contributed by atoms with Crippen molar-refractivity contribution in [1.29, 1.82) is 0 Å². The number of carbonyl (C=O) groups excluding carboxylic acids is 3. The number of rotatable bonds is 7. The van der Waals surface area contributed by atoms with Gasteiger partial charge in [0.05, 0.1) is 23.3 Å². The fourth-order valence-corrected chi connectivity index (χ4v) is 4.65. The number of hydrogen-bond acceptors (Lipinski definition) is 6. The molecule has 0 saturated carbocycles. The summed E-state index contributed by atoms with van der Waals surface area (Å²) >= 11 is 13.4. The zero-order valence-corrected chi connectivity index (χ0v) is 20.3. The number of thiophene rings is 1. The molecule has 1 heterocycles. The Morgan fingerprint density at radius 3 is 2.49 bits per heavy atom. The summed E-state index contributed by atoms with van der Waals surface area (Å²) in [4.78, 5) is 36.9. The highest BCUT2D eigenvalue weighted by molar-refractivity contribution is 7.21. The summed E-state index contributed by atoms with van der Waals surface area (Å²) in [5.74, 6) is -1.11. The van der Waals surface area contributed by atoms with E-state index in [1.807, 2.05) is 24.3 Å². The Hall–Kier alpha value is -3.72. The van der Waals surface area contributed by atoms with Crippen molar-refractivity contribution in [3.8, 4) is 5.75 Å². The summed E-state index contributed by atoms with van der Waals surface area (Å²) in [6.45, 7) is -0.265. The lowest BCUT2D eigenvalue weighted by atomic mass is 10.2. The average molecular weight is 526 g/mol. The third-order valence-corrected chi connectivity index (χ3v) is 6.61. The maximum atomic E-state index is 12.4. The van der Waals surface area contributed by atoms with Gasteiger partial charge in [-0.15, -0.1) is 11.3 Å². The van der Waals surface area contributed by atoms with Crippen LogP contribution in [0.1, 0.15) is 25.6 Å². The second kappa shape index (κ2) is 11.1. The van der Waals surface area contributed by atoms with Crippen LogP contribution >= 0.6 is 34.5 Å². The normalized spacial score (nSPS) is 10.9. The molecule has 0 radical (unpaired) electrons. The number of carbonyl (C=O) groups is 3. The average Bonchev–Trinajstić information content (AvgIpc) is 3.20. The van der Waals surface area contributed by atoms with E-state index in [2.05, 4.69) is 15.8 Å². The van der Waals surface area contributed by atoms with Gasteiger partial charge in [-0.25, -0.2) is 10.2 Å². The third-order valence-electron chi connectivity index (χ3n) is 4.70. The number of hydrogen-bond donors (Lipinski definition) is 2. The van der Waals surface area contributed by atoms with Gasteiger partial charge in [0.15, 0.2) is 0 Å². The maximum absolute atomic E-state index is 12.4. The molecule has 0 saturated heterocycles. The number of fused-ring (bicyclic) bond motifs is 1. The van der Waals surface area contributed by atoms with Crippen molar-refractivity contribution < 1.29 is 19.1 Å². The van der Waals surface area contributed by atoms with Crippen LogP contribution in [0, 0.1) is 0 Å². The van der Waals surface area contributed by atoms with Gasteiger partial charge in [0, 0.05) is 15.1 Å². The number of halogens is 2. The molecule has 4 aromatic rings. The van der Waals surface area contributed by atoms with E-state index in [1.165, 1.54) is 23.6 Å². The summed E-state index contributed by atoms with van der Waals surface area (Å²) in [6.07, 6.45) is 1.42. The lowest BCUT2D eigenvalue weighted by Gasteiger charge is -2.05. The fraction of sp³-hybridized carbons (Fsp3) is 0.0400. The molecule has 3 aromatic carbocycles. The van der Waals surface area contributed by atoms with E-state index in [4.69, 9.17) is 27.9 Å². The number of hydrazone groups is 1. The molecule has 4 rings (SSSR count). The Morgan fingerprint density at radius 2 is 1.74 bits per heavy atom. The standard InChI is InChI=1S/C25H17Cl2N3O4S/c26-17-5-3-4-16(12-17)25(33)34-18-10-8-15(9-11-18)13-29-30-21(31)14-28-24(32)23-22(27)19-6-1-2-7-20(19)35-23/h1-13H,14H2,(H,28,32)(H,30,31)/b29-13-. The molecular weight excluding hydrogens is 509 g/mol. The molecule has 35 heavy (non-hydrogen) atoms. The maximum Gasteiger partial charge on any atom is 0.343 e. The Kier molecular flexibility index (Phi) is 7.77. The summed E-state index contributed by atoms with van der Waals surface area (Å²) in [5, 5.41) is 8.01. The minimum atomic E-state index is -0.528. The molecule has 0 aliphatic heterocycles. The largest absolute Gasteiger partial charge is 0.423 e. The number of benzene rings is 3. The molecule has 1 aromatic heterocycles. The molecule has 10 heteroatoms. The molecule has 0 aliphatic rings. The van der Waals surface area contributed by atoms with Crippen molar-refractivity contribution in [2.75, 3.05) is 6.54 Å². The number of nitrogens with zero attached hydrogens (tertiary/aromatic N) is 1. The molecule has 2 amide bonds. The van der Waals surface area contributed by atoms with E-state index < -0.39 is 17.8 Å². The Morgan fingerprint density at radius 1 is 0.971 bits per heavy atom. The van der Waals surface area contributed by atoms with Crippen molar-refractivity contribution in [3.63, 3.8) is 0 Å². The van der Waals surface area contributed by atoms with Crippen molar-refractivity contribution in [2.24, 2.45) is 5.10 Å². The molecule has 0 unspecified atom stereocenters. The lowest BCUT2D eigenvalue weighted by molar-refractivity contribution is -0.120. The highest BCUT2D eigenvalue weighted by atomic mass is 35.5. The zero-order chi connectivity index (χ0) is 24.8. The predicted octanol–water partition coefficient (Wildman–Crippen LogP) is 5.31. The van der Waals surface area contributed by atoms with Gasteiger partial charge < -0.3 is 10.1 Å². The van der Waals surface area contributed by atoms with Gasteiger partial charge in [0.2, 0.25) is 0 Å². The van der Waals surface area contributed by atoms with Crippen LogP contribution in [0.5, 0.6) is 5.75 Å². The van der Waals surface area contributed by atoms with Gasteiger partial charge in [0.25, 0.3) is 11.8 Å². The first-order valence-electron chi connectivity index (χ1n) is 10.3. The summed E-state index contributed by atoms with van der Waals surface area (Å²) < 4.78 is 6.20. The number of nitrogens with one attached hydrogen (secondary N) is 2. The smallest absolute Gasteiger partial charge is 0.343 e. The Bertz CT molecular complexity index is 1430. The number of ether oxygens (including phenoxy) is 1. The Labute approximate surface area is 214 Å². The first-order chi connectivity index (χ1) is 16.9. The number of amides is 2. The van der Waals surface area contributed by atoms with Crippen LogP contribution in [0.25, 0.3) is 10.1 Å². The van der Waals surface area contributed by atoms with Crippen LogP contribution in [0.3, 0.4) is 0 Å². The topological polar surface area (TPSA) is 96.9 Å². The molecule has 0 spiro atoms. The van der Waals surface area contributed by atoms with Gasteiger partial charge in [0.1, 0.15) is 10.6 Å². The minimum Gasteiger partial charge on any atom is -0.423 e.